The number of aromatic nitrogens is 2. The van der Waals surface area contributed by atoms with E-state index in [2.05, 4.69) is 9.97 Å². The molecule has 0 aliphatic carbocycles. The quantitative estimate of drug-likeness (QED) is 0.847. The van der Waals surface area contributed by atoms with Gasteiger partial charge in [0.25, 0.3) is 0 Å². The summed E-state index contributed by atoms with van der Waals surface area (Å²) in [6.07, 6.45) is 1.65. The van der Waals surface area contributed by atoms with E-state index in [9.17, 15) is 0 Å². The first-order valence-electron chi connectivity index (χ1n) is 4.90. The molecule has 1 N–H and O–H groups in total. The lowest BCUT2D eigenvalue weighted by Crippen LogP contribution is -1.93. The minimum absolute atomic E-state index is 0.0117. The molecule has 1 heterocycles. The van der Waals surface area contributed by atoms with Crippen molar-refractivity contribution in [1.82, 2.24) is 9.97 Å². The van der Waals surface area contributed by atoms with Gasteiger partial charge in [0, 0.05) is 17.8 Å². The number of aliphatic hydroxyl groups excluding tert-OH is 1. The molecule has 0 spiro atoms. The average Bonchev–Trinajstić information content (AvgIpc) is 2.39. The van der Waals surface area contributed by atoms with Crippen LogP contribution in [-0.4, -0.2) is 22.2 Å². The minimum atomic E-state index is 0.0117. The predicted molar refractivity (Wildman–Crippen MR) is 59.9 cm³/mol. The van der Waals surface area contributed by atoms with Gasteiger partial charge in [-0.3, -0.25) is 0 Å². The zero-order valence-corrected chi connectivity index (χ0v) is 8.92. The molecular formula is C12H12N2O2. The highest BCUT2D eigenvalue weighted by Gasteiger charge is 2.03. The van der Waals surface area contributed by atoms with Gasteiger partial charge >= 0.3 is 0 Å². The Hall–Kier alpha value is -1.94. The van der Waals surface area contributed by atoms with Crippen molar-refractivity contribution < 1.29 is 9.84 Å². The van der Waals surface area contributed by atoms with Gasteiger partial charge in [-0.15, -0.1) is 0 Å². The van der Waals surface area contributed by atoms with Crippen LogP contribution in [0.5, 0.6) is 5.88 Å². The Kier molecular flexibility index (Phi) is 3.12. The van der Waals surface area contributed by atoms with E-state index in [1.807, 2.05) is 24.3 Å². The van der Waals surface area contributed by atoms with Gasteiger partial charge in [-0.1, -0.05) is 18.2 Å². The average molecular weight is 216 g/mol. The summed E-state index contributed by atoms with van der Waals surface area (Å²) >= 11 is 0. The third-order valence-corrected chi connectivity index (χ3v) is 2.21. The summed E-state index contributed by atoms with van der Waals surface area (Å²) in [6.45, 7) is 0.0117. The van der Waals surface area contributed by atoms with Crippen molar-refractivity contribution >= 4 is 0 Å². The summed E-state index contributed by atoms with van der Waals surface area (Å²) in [6, 6.07) is 9.16. The smallest absolute Gasteiger partial charge is 0.216 e. The first-order chi connectivity index (χ1) is 7.83. The SMILES string of the molecule is COc1ccnc(-c2cccc(CO)c2)n1. The molecule has 4 heteroatoms. The molecule has 16 heavy (non-hydrogen) atoms. The van der Waals surface area contributed by atoms with E-state index in [0.717, 1.165) is 11.1 Å². The van der Waals surface area contributed by atoms with E-state index in [1.165, 1.54) is 0 Å². The number of nitrogens with zero attached hydrogens (tertiary/aromatic N) is 2. The lowest BCUT2D eigenvalue weighted by atomic mass is 10.1. The molecule has 0 amide bonds. The zero-order chi connectivity index (χ0) is 11.4. The Balaban J connectivity index is 2.41. The number of methoxy groups -OCH3 is 1. The number of ether oxygens (including phenoxy) is 1. The molecule has 4 nitrogen and oxygen atoms in total. The summed E-state index contributed by atoms with van der Waals surface area (Å²) in [5.41, 5.74) is 1.70. The fourth-order valence-corrected chi connectivity index (χ4v) is 1.40. The van der Waals surface area contributed by atoms with E-state index in [-0.39, 0.29) is 6.61 Å². The molecule has 2 aromatic rings. The minimum Gasteiger partial charge on any atom is -0.481 e. The van der Waals surface area contributed by atoms with Crippen LogP contribution in [0.2, 0.25) is 0 Å². The molecule has 1 aromatic heterocycles. The van der Waals surface area contributed by atoms with E-state index in [1.54, 1.807) is 19.4 Å². The van der Waals surface area contributed by atoms with E-state index in [4.69, 9.17) is 9.84 Å². The van der Waals surface area contributed by atoms with Gasteiger partial charge in [-0.2, -0.15) is 4.98 Å². The number of hydrogen-bond acceptors (Lipinski definition) is 4. The van der Waals surface area contributed by atoms with E-state index >= 15 is 0 Å². The van der Waals surface area contributed by atoms with Crippen LogP contribution < -0.4 is 4.74 Å². The third kappa shape index (κ3) is 2.17. The molecular weight excluding hydrogens is 204 g/mol. The molecule has 1 aromatic carbocycles. The van der Waals surface area contributed by atoms with Crippen molar-refractivity contribution in [3.63, 3.8) is 0 Å². The van der Waals surface area contributed by atoms with Gasteiger partial charge in [0.1, 0.15) is 0 Å². The van der Waals surface area contributed by atoms with Gasteiger partial charge in [-0.05, 0) is 11.6 Å². The Morgan fingerprint density at radius 3 is 2.94 bits per heavy atom. The van der Waals surface area contributed by atoms with Crippen molar-refractivity contribution in [2.75, 3.05) is 7.11 Å². The Morgan fingerprint density at radius 1 is 1.31 bits per heavy atom. The maximum atomic E-state index is 9.04. The largest absolute Gasteiger partial charge is 0.481 e. The van der Waals surface area contributed by atoms with Crippen LogP contribution in [0.15, 0.2) is 36.5 Å². The van der Waals surface area contributed by atoms with Crippen LogP contribution in [-0.2, 0) is 6.61 Å². The maximum Gasteiger partial charge on any atom is 0.216 e. The van der Waals surface area contributed by atoms with Crippen molar-refractivity contribution in [3.05, 3.63) is 42.1 Å². The second-order valence-electron chi connectivity index (χ2n) is 3.28. The van der Waals surface area contributed by atoms with Crippen molar-refractivity contribution in [3.8, 4) is 17.3 Å². The second-order valence-corrected chi connectivity index (χ2v) is 3.28. The van der Waals surface area contributed by atoms with Gasteiger partial charge in [0.2, 0.25) is 5.88 Å². The molecule has 0 bridgehead atoms. The lowest BCUT2D eigenvalue weighted by Gasteiger charge is -2.03. The monoisotopic (exact) mass is 216 g/mol. The molecule has 0 aliphatic heterocycles. The highest BCUT2D eigenvalue weighted by atomic mass is 16.5. The first-order valence-corrected chi connectivity index (χ1v) is 4.90. The highest BCUT2D eigenvalue weighted by Crippen LogP contribution is 2.18. The molecule has 0 saturated heterocycles. The summed E-state index contributed by atoms with van der Waals surface area (Å²) in [5.74, 6) is 1.12. The summed E-state index contributed by atoms with van der Waals surface area (Å²) < 4.78 is 5.03. The van der Waals surface area contributed by atoms with E-state index < -0.39 is 0 Å². The standard InChI is InChI=1S/C12H12N2O2/c1-16-11-5-6-13-12(14-11)10-4-2-3-9(7-10)8-15/h2-7,15H,8H2,1H3. The van der Waals surface area contributed by atoms with Gasteiger partial charge < -0.3 is 9.84 Å². The molecule has 82 valence electrons. The van der Waals surface area contributed by atoms with Crippen LogP contribution in [0.25, 0.3) is 11.4 Å². The topological polar surface area (TPSA) is 55.2 Å². The molecule has 0 saturated carbocycles. The fourth-order valence-electron chi connectivity index (χ4n) is 1.40. The lowest BCUT2D eigenvalue weighted by molar-refractivity contribution is 0.282. The van der Waals surface area contributed by atoms with Crippen LogP contribution in [0.4, 0.5) is 0 Å². The second kappa shape index (κ2) is 4.72. The van der Waals surface area contributed by atoms with Crippen molar-refractivity contribution in [2.24, 2.45) is 0 Å². The Labute approximate surface area is 93.6 Å². The fraction of sp³-hybridized carbons (Fsp3) is 0.167. The van der Waals surface area contributed by atoms with Crippen molar-refractivity contribution in [1.29, 1.82) is 0 Å². The Bertz CT molecular complexity index is 440. The normalized spacial score (nSPS) is 10.1. The number of hydrogen-bond donors (Lipinski definition) is 1. The third-order valence-electron chi connectivity index (χ3n) is 2.21. The predicted octanol–water partition coefficient (Wildman–Crippen LogP) is 1.64. The van der Waals surface area contributed by atoms with Gasteiger partial charge in [0.15, 0.2) is 5.82 Å². The van der Waals surface area contributed by atoms with E-state index in [0.29, 0.717) is 11.7 Å². The number of benzene rings is 1. The molecule has 0 aliphatic rings. The molecule has 0 fully saturated rings. The Morgan fingerprint density at radius 2 is 2.19 bits per heavy atom. The molecule has 2 rings (SSSR count). The number of rotatable bonds is 3. The van der Waals surface area contributed by atoms with Crippen LogP contribution in [0, 0.1) is 0 Å². The van der Waals surface area contributed by atoms with Crippen LogP contribution in [0.1, 0.15) is 5.56 Å². The summed E-state index contributed by atoms with van der Waals surface area (Å²) in [7, 11) is 1.57. The van der Waals surface area contributed by atoms with Crippen LogP contribution in [0.3, 0.4) is 0 Å². The summed E-state index contributed by atoms with van der Waals surface area (Å²) in [4.78, 5) is 8.38. The molecule has 0 atom stereocenters. The van der Waals surface area contributed by atoms with Crippen LogP contribution >= 0.6 is 0 Å². The van der Waals surface area contributed by atoms with Gasteiger partial charge in [0.05, 0.1) is 13.7 Å². The summed E-state index contributed by atoms with van der Waals surface area (Å²) in [5, 5.41) is 9.04. The van der Waals surface area contributed by atoms with Gasteiger partial charge in [-0.25, -0.2) is 4.98 Å². The first kappa shape index (κ1) is 10.6. The maximum absolute atomic E-state index is 9.04. The molecule has 0 radical (unpaired) electrons. The van der Waals surface area contributed by atoms with Crippen molar-refractivity contribution in [2.45, 2.75) is 6.61 Å². The highest BCUT2D eigenvalue weighted by molar-refractivity contribution is 5.56. The molecule has 0 unspecified atom stereocenters. The zero-order valence-electron chi connectivity index (χ0n) is 8.92. The number of aliphatic hydroxyl groups is 1.